The summed E-state index contributed by atoms with van der Waals surface area (Å²) >= 11 is 5.98. The number of aliphatic hydroxyl groups excluding tert-OH is 1. The maximum atomic E-state index is 13.0. The van der Waals surface area contributed by atoms with Gasteiger partial charge in [-0.1, -0.05) is 35.9 Å². The molecule has 0 heterocycles. The van der Waals surface area contributed by atoms with Crippen molar-refractivity contribution in [3.8, 4) is 5.75 Å². The Hall–Kier alpha value is -1.58. The van der Waals surface area contributed by atoms with Gasteiger partial charge in [0.25, 0.3) is 0 Å². The summed E-state index contributed by atoms with van der Waals surface area (Å²) in [4.78, 5) is 0. The molecule has 0 saturated heterocycles. The van der Waals surface area contributed by atoms with E-state index in [9.17, 15) is 9.50 Å². The van der Waals surface area contributed by atoms with Gasteiger partial charge in [-0.3, -0.25) is 0 Å². The minimum Gasteiger partial charge on any atom is -0.493 e. The van der Waals surface area contributed by atoms with Crippen molar-refractivity contribution in [2.45, 2.75) is 19.4 Å². The summed E-state index contributed by atoms with van der Waals surface area (Å²) in [6, 6.07) is 11.5. The van der Waals surface area contributed by atoms with Gasteiger partial charge in [0.1, 0.15) is 11.6 Å². The molecule has 106 valence electrons. The van der Waals surface area contributed by atoms with E-state index in [1.54, 1.807) is 6.07 Å². The number of ether oxygens (including phenoxy) is 1. The molecule has 0 aliphatic carbocycles. The summed E-state index contributed by atoms with van der Waals surface area (Å²) in [6.07, 6.45) is -0.441. The second-order valence-corrected chi connectivity index (χ2v) is 4.83. The van der Waals surface area contributed by atoms with Crippen LogP contribution in [0.25, 0.3) is 0 Å². The molecule has 1 N–H and O–H groups in total. The molecule has 0 saturated carbocycles. The predicted octanol–water partition coefficient (Wildman–Crippen LogP) is 4.15. The minimum absolute atomic E-state index is 0.309. The highest BCUT2D eigenvalue weighted by atomic mass is 35.5. The van der Waals surface area contributed by atoms with Gasteiger partial charge in [0.2, 0.25) is 0 Å². The number of hydrogen-bond acceptors (Lipinski definition) is 2. The highest BCUT2D eigenvalue weighted by Crippen LogP contribution is 2.29. The normalized spacial score (nSPS) is 12.2. The number of aliphatic hydroxyl groups is 1. The van der Waals surface area contributed by atoms with Gasteiger partial charge in [-0.2, -0.15) is 0 Å². The van der Waals surface area contributed by atoms with Crippen LogP contribution < -0.4 is 4.74 Å². The van der Waals surface area contributed by atoms with Gasteiger partial charge in [-0.15, -0.1) is 0 Å². The van der Waals surface area contributed by atoms with E-state index in [1.165, 1.54) is 12.1 Å². The second-order valence-electron chi connectivity index (χ2n) is 4.43. The number of para-hydroxylation sites is 1. The third-order valence-corrected chi connectivity index (χ3v) is 3.36. The average molecular weight is 295 g/mol. The van der Waals surface area contributed by atoms with Crippen molar-refractivity contribution in [3.05, 3.63) is 64.4 Å². The Kier molecular flexibility index (Phi) is 4.99. The lowest BCUT2D eigenvalue weighted by Gasteiger charge is -2.16. The van der Waals surface area contributed by atoms with E-state index in [1.807, 2.05) is 31.2 Å². The van der Waals surface area contributed by atoms with Crippen LogP contribution in [-0.4, -0.2) is 11.7 Å². The zero-order chi connectivity index (χ0) is 14.5. The molecule has 1 atom stereocenters. The smallest absolute Gasteiger partial charge is 0.125 e. The number of benzene rings is 2. The summed E-state index contributed by atoms with van der Waals surface area (Å²) in [5.41, 5.74) is 1.40. The van der Waals surface area contributed by atoms with Gasteiger partial charge < -0.3 is 9.84 Å². The van der Waals surface area contributed by atoms with Gasteiger partial charge in [0.15, 0.2) is 0 Å². The molecule has 0 radical (unpaired) electrons. The molecule has 0 fully saturated rings. The molecule has 2 aromatic rings. The van der Waals surface area contributed by atoms with Crippen LogP contribution in [0.15, 0.2) is 42.5 Å². The average Bonchev–Trinajstić information content (AvgIpc) is 2.43. The monoisotopic (exact) mass is 294 g/mol. The van der Waals surface area contributed by atoms with Crippen LogP contribution in [0.1, 0.15) is 24.2 Å². The van der Waals surface area contributed by atoms with Crippen LogP contribution in [-0.2, 0) is 6.42 Å². The van der Waals surface area contributed by atoms with Gasteiger partial charge in [-0.25, -0.2) is 4.39 Å². The van der Waals surface area contributed by atoms with Crippen LogP contribution in [0.5, 0.6) is 5.75 Å². The lowest BCUT2D eigenvalue weighted by atomic mass is 10.0. The number of rotatable bonds is 5. The molecule has 20 heavy (non-hydrogen) atoms. The van der Waals surface area contributed by atoms with Crippen molar-refractivity contribution < 1.29 is 14.2 Å². The van der Waals surface area contributed by atoms with Crippen LogP contribution in [0.4, 0.5) is 4.39 Å². The summed E-state index contributed by atoms with van der Waals surface area (Å²) in [5, 5.41) is 10.7. The van der Waals surface area contributed by atoms with Crippen molar-refractivity contribution in [3.63, 3.8) is 0 Å². The van der Waals surface area contributed by atoms with Crippen molar-refractivity contribution >= 4 is 11.6 Å². The fourth-order valence-corrected chi connectivity index (χ4v) is 2.29. The third kappa shape index (κ3) is 3.50. The molecule has 0 amide bonds. The minimum atomic E-state index is -0.749. The molecule has 4 heteroatoms. The van der Waals surface area contributed by atoms with Crippen molar-refractivity contribution in [2.24, 2.45) is 0 Å². The lowest BCUT2D eigenvalue weighted by Crippen LogP contribution is -2.05. The van der Waals surface area contributed by atoms with Gasteiger partial charge >= 0.3 is 0 Å². The van der Waals surface area contributed by atoms with Gasteiger partial charge in [0, 0.05) is 17.0 Å². The molecule has 0 bridgehead atoms. The first-order valence-electron chi connectivity index (χ1n) is 6.45. The first-order chi connectivity index (χ1) is 9.61. The molecule has 1 unspecified atom stereocenters. The first-order valence-corrected chi connectivity index (χ1v) is 6.83. The van der Waals surface area contributed by atoms with E-state index in [4.69, 9.17) is 16.3 Å². The SMILES string of the molecule is CCOc1ccccc1C(O)Cc1ccc(F)cc1Cl. The van der Waals surface area contributed by atoms with Gasteiger partial charge in [-0.05, 0) is 30.7 Å². The Morgan fingerprint density at radius 1 is 1.25 bits per heavy atom. The number of hydrogen-bond donors (Lipinski definition) is 1. The van der Waals surface area contributed by atoms with E-state index in [0.29, 0.717) is 34.9 Å². The zero-order valence-corrected chi connectivity index (χ0v) is 11.9. The molecular formula is C16H16ClFO2. The molecule has 2 rings (SSSR count). The standard InChI is InChI=1S/C16H16ClFO2/c1-2-20-16-6-4-3-5-13(16)15(19)9-11-7-8-12(18)10-14(11)17/h3-8,10,15,19H,2,9H2,1H3. The van der Waals surface area contributed by atoms with Crippen LogP contribution in [0, 0.1) is 5.82 Å². The Morgan fingerprint density at radius 3 is 2.70 bits per heavy atom. The summed E-state index contributed by atoms with van der Waals surface area (Å²) in [6.45, 7) is 2.42. The summed E-state index contributed by atoms with van der Waals surface area (Å²) < 4.78 is 18.5. The molecule has 0 aliphatic rings. The van der Waals surface area contributed by atoms with E-state index in [-0.39, 0.29) is 5.82 Å². The first kappa shape index (κ1) is 14.8. The maximum Gasteiger partial charge on any atom is 0.125 e. The molecule has 2 nitrogen and oxygen atoms in total. The van der Waals surface area contributed by atoms with E-state index >= 15 is 0 Å². The molecule has 2 aromatic carbocycles. The largest absolute Gasteiger partial charge is 0.493 e. The Balaban J connectivity index is 2.21. The molecular weight excluding hydrogens is 279 g/mol. The molecule has 0 aliphatic heterocycles. The fourth-order valence-electron chi connectivity index (χ4n) is 2.05. The van der Waals surface area contributed by atoms with Crippen LogP contribution in [0.2, 0.25) is 5.02 Å². The van der Waals surface area contributed by atoms with Crippen LogP contribution in [0.3, 0.4) is 0 Å². The van der Waals surface area contributed by atoms with Crippen molar-refractivity contribution in [1.82, 2.24) is 0 Å². The van der Waals surface area contributed by atoms with E-state index < -0.39 is 6.10 Å². The topological polar surface area (TPSA) is 29.5 Å². The Morgan fingerprint density at radius 2 is 2.00 bits per heavy atom. The highest BCUT2D eigenvalue weighted by molar-refractivity contribution is 6.31. The second kappa shape index (κ2) is 6.73. The predicted molar refractivity (Wildman–Crippen MR) is 77.7 cm³/mol. The van der Waals surface area contributed by atoms with Crippen molar-refractivity contribution in [1.29, 1.82) is 0 Å². The lowest BCUT2D eigenvalue weighted by molar-refractivity contribution is 0.172. The third-order valence-electron chi connectivity index (χ3n) is 3.01. The van der Waals surface area contributed by atoms with Gasteiger partial charge in [0.05, 0.1) is 12.7 Å². The maximum absolute atomic E-state index is 13.0. The van der Waals surface area contributed by atoms with Crippen molar-refractivity contribution in [2.75, 3.05) is 6.61 Å². The van der Waals surface area contributed by atoms with Crippen LogP contribution >= 0.6 is 11.6 Å². The summed E-state index contributed by atoms with van der Waals surface area (Å²) in [7, 11) is 0. The fraction of sp³-hybridized carbons (Fsp3) is 0.250. The Bertz CT molecular complexity index is 586. The summed E-state index contributed by atoms with van der Waals surface area (Å²) in [5.74, 6) is 0.267. The highest BCUT2D eigenvalue weighted by Gasteiger charge is 2.15. The van der Waals surface area contributed by atoms with E-state index in [2.05, 4.69) is 0 Å². The Labute approximate surface area is 122 Å². The molecule has 0 aromatic heterocycles. The quantitative estimate of drug-likeness (QED) is 0.897. The molecule has 0 spiro atoms. The zero-order valence-electron chi connectivity index (χ0n) is 11.1. The number of halogens is 2. The van der Waals surface area contributed by atoms with E-state index in [0.717, 1.165) is 0 Å².